The lowest BCUT2D eigenvalue weighted by Gasteiger charge is -2.12. The third kappa shape index (κ3) is 3.18. The van der Waals surface area contributed by atoms with Crippen LogP contribution in [0.15, 0.2) is 36.4 Å². The maximum absolute atomic E-state index is 11.7. The van der Waals surface area contributed by atoms with Gasteiger partial charge in [0.15, 0.2) is 0 Å². The Balaban J connectivity index is 1.96. The molecule has 3 rings (SSSR count). The number of carbonyl (C=O) groups excluding carboxylic acids is 1. The largest absolute Gasteiger partial charge is 0.416 e. The lowest BCUT2D eigenvalue weighted by molar-refractivity contribution is 0.170. The Kier molecular flexibility index (Phi) is 3.56. The van der Waals surface area contributed by atoms with Crippen molar-refractivity contribution in [1.82, 2.24) is 14.9 Å². The number of benzene rings is 1. The van der Waals surface area contributed by atoms with E-state index in [1.165, 1.54) is 4.90 Å². The molecule has 1 aromatic carbocycles. The highest BCUT2D eigenvalue weighted by molar-refractivity contribution is 5.70. The van der Waals surface area contributed by atoms with Gasteiger partial charge in [0.05, 0.1) is 5.69 Å². The van der Waals surface area contributed by atoms with Crippen LogP contribution in [0.4, 0.5) is 4.79 Å². The van der Waals surface area contributed by atoms with Crippen molar-refractivity contribution in [1.29, 1.82) is 0 Å². The molecule has 1 aliphatic carbocycles. The number of hydrogen-bond donors (Lipinski definition) is 0. The van der Waals surface area contributed by atoms with Crippen molar-refractivity contribution in [2.45, 2.75) is 18.8 Å². The summed E-state index contributed by atoms with van der Waals surface area (Å²) in [7, 11) is 3.28. The fourth-order valence-corrected chi connectivity index (χ4v) is 1.96. The van der Waals surface area contributed by atoms with Crippen molar-refractivity contribution in [2.75, 3.05) is 14.1 Å². The molecule has 0 saturated heterocycles. The number of aromatic nitrogens is 2. The van der Waals surface area contributed by atoms with Gasteiger partial charge < -0.3 is 9.64 Å². The van der Waals surface area contributed by atoms with Gasteiger partial charge in [0.25, 0.3) is 0 Å². The first-order chi connectivity index (χ1) is 10.1. The van der Waals surface area contributed by atoms with Gasteiger partial charge in [-0.15, -0.1) is 0 Å². The van der Waals surface area contributed by atoms with Crippen LogP contribution >= 0.6 is 0 Å². The fraction of sp³-hybridized carbons (Fsp3) is 0.312. The number of carbonyl (C=O) groups is 1. The number of ether oxygens (including phenoxy) is 1. The van der Waals surface area contributed by atoms with Gasteiger partial charge in [-0.1, -0.05) is 30.3 Å². The van der Waals surface area contributed by atoms with E-state index in [0.29, 0.717) is 11.8 Å². The summed E-state index contributed by atoms with van der Waals surface area (Å²) < 4.78 is 5.29. The van der Waals surface area contributed by atoms with Crippen molar-refractivity contribution in [3.63, 3.8) is 0 Å². The summed E-state index contributed by atoms with van der Waals surface area (Å²) in [6, 6.07) is 11.6. The molecule has 2 aromatic rings. The molecule has 1 aromatic heterocycles. The summed E-state index contributed by atoms with van der Waals surface area (Å²) in [5, 5.41) is 0. The lowest BCUT2D eigenvalue weighted by atomic mass is 10.1. The third-order valence-electron chi connectivity index (χ3n) is 3.29. The molecule has 0 bridgehead atoms. The van der Waals surface area contributed by atoms with Crippen molar-refractivity contribution in [2.24, 2.45) is 0 Å². The van der Waals surface area contributed by atoms with Crippen LogP contribution in [0.3, 0.4) is 0 Å². The second kappa shape index (κ2) is 5.52. The van der Waals surface area contributed by atoms with Gasteiger partial charge in [0.1, 0.15) is 5.82 Å². The van der Waals surface area contributed by atoms with Crippen molar-refractivity contribution >= 4 is 6.09 Å². The first-order valence-corrected chi connectivity index (χ1v) is 6.97. The molecule has 0 unspecified atom stereocenters. The Hall–Kier alpha value is -2.43. The summed E-state index contributed by atoms with van der Waals surface area (Å²) in [6.07, 6.45) is 1.76. The molecular formula is C16H17N3O2. The van der Waals surface area contributed by atoms with E-state index < -0.39 is 6.09 Å². The maximum Gasteiger partial charge on any atom is 0.416 e. The van der Waals surface area contributed by atoms with E-state index in [1.807, 2.05) is 30.3 Å². The summed E-state index contributed by atoms with van der Waals surface area (Å²) >= 11 is 0. The maximum atomic E-state index is 11.7. The molecule has 5 nitrogen and oxygen atoms in total. The molecule has 1 saturated carbocycles. The van der Waals surface area contributed by atoms with Crippen molar-refractivity contribution in [3.8, 4) is 17.1 Å². The highest BCUT2D eigenvalue weighted by Crippen LogP contribution is 2.39. The van der Waals surface area contributed by atoms with Crippen LogP contribution in [0.25, 0.3) is 11.3 Å². The molecule has 1 fully saturated rings. The first kappa shape index (κ1) is 13.5. The molecule has 5 heteroatoms. The molecule has 0 spiro atoms. The van der Waals surface area contributed by atoms with Gasteiger partial charge in [-0.2, -0.15) is 4.98 Å². The van der Waals surface area contributed by atoms with E-state index in [2.05, 4.69) is 9.97 Å². The molecule has 1 heterocycles. The van der Waals surface area contributed by atoms with Gasteiger partial charge in [-0.3, -0.25) is 0 Å². The predicted molar refractivity (Wildman–Crippen MR) is 79.2 cm³/mol. The zero-order chi connectivity index (χ0) is 14.8. The summed E-state index contributed by atoms with van der Waals surface area (Å²) in [4.78, 5) is 22.0. The minimum Gasteiger partial charge on any atom is -0.391 e. The van der Waals surface area contributed by atoms with Crippen LogP contribution in [-0.4, -0.2) is 35.1 Å². The second-order valence-electron chi connectivity index (χ2n) is 5.35. The molecule has 1 aliphatic rings. The Morgan fingerprint density at radius 3 is 2.52 bits per heavy atom. The highest BCUT2D eigenvalue weighted by atomic mass is 16.6. The summed E-state index contributed by atoms with van der Waals surface area (Å²) in [5.41, 5.74) is 1.78. The number of hydrogen-bond acceptors (Lipinski definition) is 4. The van der Waals surface area contributed by atoms with Gasteiger partial charge in [0, 0.05) is 31.6 Å². The molecule has 0 N–H and O–H groups in total. The van der Waals surface area contributed by atoms with Crippen LogP contribution in [0, 0.1) is 0 Å². The molecule has 0 atom stereocenters. The second-order valence-corrected chi connectivity index (χ2v) is 5.35. The van der Waals surface area contributed by atoms with Crippen molar-refractivity contribution in [3.05, 3.63) is 42.2 Å². The van der Waals surface area contributed by atoms with Gasteiger partial charge >= 0.3 is 6.09 Å². The molecule has 21 heavy (non-hydrogen) atoms. The minimum absolute atomic E-state index is 0.310. The molecule has 108 valence electrons. The Morgan fingerprint density at radius 1 is 1.19 bits per heavy atom. The van der Waals surface area contributed by atoms with E-state index >= 15 is 0 Å². The van der Waals surface area contributed by atoms with Gasteiger partial charge in [-0.25, -0.2) is 9.78 Å². The monoisotopic (exact) mass is 283 g/mol. The van der Waals surface area contributed by atoms with E-state index in [0.717, 1.165) is 29.9 Å². The third-order valence-corrected chi connectivity index (χ3v) is 3.29. The Morgan fingerprint density at radius 2 is 1.90 bits per heavy atom. The molecule has 0 radical (unpaired) electrons. The number of amides is 1. The molecular weight excluding hydrogens is 266 g/mol. The van der Waals surface area contributed by atoms with Gasteiger partial charge in [0.2, 0.25) is 5.88 Å². The van der Waals surface area contributed by atoms with Crippen LogP contribution in [0.2, 0.25) is 0 Å². The molecule has 1 amide bonds. The average molecular weight is 283 g/mol. The van der Waals surface area contributed by atoms with Crippen molar-refractivity contribution < 1.29 is 9.53 Å². The Labute approximate surface area is 123 Å². The van der Waals surface area contributed by atoms with Crippen LogP contribution in [0.1, 0.15) is 24.6 Å². The van der Waals surface area contributed by atoms with Gasteiger partial charge in [-0.05, 0) is 12.8 Å². The Bertz CT molecular complexity index is 652. The zero-order valence-electron chi connectivity index (χ0n) is 12.1. The smallest absolute Gasteiger partial charge is 0.391 e. The number of rotatable bonds is 3. The molecule has 0 aliphatic heterocycles. The normalized spacial score (nSPS) is 13.8. The predicted octanol–water partition coefficient (Wildman–Crippen LogP) is 3.08. The first-order valence-electron chi connectivity index (χ1n) is 6.97. The fourth-order valence-electron chi connectivity index (χ4n) is 1.96. The van der Waals surface area contributed by atoms with Crippen LogP contribution in [0.5, 0.6) is 5.88 Å². The van der Waals surface area contributed by atoms with Crippen LogP contribution in [-0.2, 0) is 0 Å². The zero-order valence-corrected chi connectivity index (χ0v) is 12.1. The lowest BCUT2D eigenvalue weighted by Crippen LogP contribution is -2.25. The minimum atomic E-state index is -0.436. The van der Waals surface area contributed by atoms with E-state index in [1.54, 1.807) is 20.2 Å². The standard InChI is InChI=1S/C16H17N3O2/c1-19(2)16(20)21-14-10-13(11-6-4-3-5-7-11)17-15(18-14)12-8-9-12/h3-7,10,12H,8-9H2,1-2H3. The van der Waals surface area contributed by atoms with E-state index in [9.17, 15) is 4.79 Å². The van der Waals surface area contributed by atoms with Crippen LogP contribution < -0.4 is 4.74 Å². The topological polar surface area (TPSA) is 55.3 Å². The average Bonchev–Trinajstić information content (AvgIpc) is 3.32. The summed E-state index contributed by atoms with van der Waals surface area (Å²) in [5.74, 6) is 1.47. The van der Waals surface area contributed by atoms with E-state index in [-0.39, 0.29) is 0 Å². The SMILES string of the molecule is CN(C)C(=O)Oc1cc(-c2ccccc2)nc(C2CC2)n1. The van der Waals surface area contributed by atoms with E-state index in [4.69, 9.17) is 4.74 Å². The quantitative estimate of drug-likeness (QED) is 0.868. The highest BCUT2D eigenvalue weighted by Gasteiger charge is 2.28. The summed E-state index contributed by atoms with van der Waals surface area (Å²) in [6.45, 7) is 0. The number of nitrogens with zero attached hydrogens (tertiary/aromatic N) is 3.